The van der Waals surface area contributed by atoms with Crippen LogP contribution in [0.15, 0.2) is 0 Å². The molecule has 1 atom stereocenters. The highest BCUT2D eigenvalue weighted by molar-refractivity contribution is 7.91. The van der Waals surface area contributed by atoms with Gasteiger partial charge in [0, 0.05) is 18.6 Å². The molecule has 1 aliphatic carbocycles. The van der Waals surface area contributed by atoms with E-state index in [0.717, 1.165) is 12.8 Å². The van der Waals surface area contributed by atoms with E-state index in [9.17, 15) is 13.2 Å². The van der Waals surface area contributed by atoms with Gasteiger partial charge in [-0.25, -0.2) is 8.42 Å². The van der Waals surface area contributed by atoms with Gasteiger partial charge < -0.3 is 5.11 Å². The van der Waals surface area contributed by atoms with Gasteiger partial charge in [-0.2, -0.15) is 0 Å². The van der Waals surface area contributed by atoms with E-state index in [4.69, 9.17) is 5.11 Å². The summed E-state index contributed by atoms with van der Waals surface area (Å²) in [7, 11) is -3.07. The van der Waals surface area contributed by atoms with Crippen LogP contribution in [0.5, 0.6) is 0 Å². The summed E-state index contributed by atoms with van der Waals surface area (Å²) in [4.78, 5) is 13.2. The van der Waals surface area contributed by atoms with E-state index in [0.29, 0.717) is 12.6 Å². The van der Waals surface area contributed by atoms with Gasteiger partial charge in [0.2, 0.25) is 0 Å². The zero-order chi connectivity index (χ0) is 14.6. The minimum Gasteiger partial charge on any atom is -0.481 e. The summed E-state index contributed by atoms with van der Waals surface area (Å²) in [6, 6.07) is 0.0332. The fourth-order valence-electron chi connectivity index (χ4n) is 3.52. The van der Waals surface area contributed by atoms with Crippen LogP contribution in [0.4, 0.5) is 0 Å². The number of hydrogen-bond donors (Lipinski definition) is 1. The van der Waals surface area contributed by atoms with Crippen molar-refractivity contribution in [2.24, 2.45) is 0 Å². The molecular formula is C14H25NO4S. The van der Waals surface area contributed by atoms with Crippen LogP contribution in [0, 0.1) is 0 Å². The zero-order valence-corrected chi connectivity index (χ0v) is 12.8. The van der Waals surface area contributed by atoms with Gasteiger partial charge in [-0.05, 0) is 12.8 Å². The molecule has 0 aromatic rings. The molecule has 6 heteroatoms. The molecule has 0 aromatic heterocycles. The second-order valence-corrected chi connectivity index (χ2v) is 8.33. The molecule has 20 heavy (non-hydrogen) atoms. The molecule has 1 saturated carbocycles. The van der Waals surface area contributed by atoms with E-state index < -0.39 is 15.8 Å². The fourth-order valence-corrected chi connectivity index (χ4v) is 5.08. The number of carboxylic acids is 1. The third kappa shape index (κ3) is 4.45. The van der Waals surface area contributed by atoms with Crippen molar-refractivity contribution in [3.8, 4) is 0 Å². The van der Waals surface area contributed by atoms with E-state index in [2.05, 4.69) is 4.90 Å². The molecule has 2 fully saturated rings. The molecule has 1 unspecified atom stereocenters. The molecule has 0 amide bonds. The Labute approximate surface area is 121 Å². The smallest absolute Gasteiger partial charge is 0.304 e. The Morgan fingerprint density at radius 2 is 1.70 bits per heavy atom. The van der Waals surface area contributed by atoms with E-state index in [1.807, 2.05) is 0 Å². The molecule has 2 aliphatic rings. The van der Waals surface area contributed by atoms with Gasteiger partial charge >= 0.3 is 5.97 Å². The van der Waals surface area contributed by atoms with Crippen molar-refractivity contribution in [2.45, 2.75) is 63.5 Å². The molecule has 5 nitrogen and oxygen atoms in total. The van der Waals surface area contributed by atoms with Crippen molar-refractivity contribution in [3.63, 3.8) is 0 Å². The maximum absolute atomic E-state index is 11.8. The van der Waals surface area contributed by atoms with Crippen LogP contribution in [-0.4, -0.2) is 54.5 Å². The van der Waals surface area contributed by atoms with Gasteiger partial charge in [0.15, 0.2) is 9.84 Å². The predicted molar refractivity (Wildman–Crippen MR) is 77.5 cm³/mol. The Kier molecular flexibility index (Phi) is 5.43. The van der Waals surface area contributed by atoms with Crippen LogP contribution in [0.1, 0.15) is 51.4 Å². The van der Waals surface area contributed by atoms with Crippen molar-refractivity contribution >= 4 is 15.8 Å². The zero-order valence-electron chi connectivity index (χ0n) is 12.0. The summed E-state index contributed by atoms with van der Waals surface area (Å²) in [5.41, 5.74) is 0. The lowest BCUT2D eigenvalue weighted by Crippen LogP contribution is -2.53. The van der Waals surface area contributed by atoms with Gasteiger partial charge in [-0.1, -0.05) is 32.1 Å². The second kappa shape index (κ2) is 6.89. The van der Waals surface area contributed by atoms with Gasteiger partial charge in [0.1, 0.15) is 0 Å². The summed E-state index contributed by atoms with van der Waals surface area (Å²) < 4.78 is 23.5. The van der Waals surface area contributed by atoms with E-state index in [1.54, 1.807) is 0 Å². The molecule has 0 bridgehead atoms. The van der Waals surface area contributed by atoms with E-state index in [-0.39, 0.29) is 24.0 Å². The number of carboxylic acid groups (broad SMARTS) is 1. The molecule has 116 valence electrons. The summed E-state index contributed by atoms with van der Waals surface area (Å²) in [5.74, 6) is -0.710. The quantitative estimate of drug-likeness (QED) is 0.858. The van der Waals surface area contributed by atoms with Crippen molar-refractivity contribution in [3.05, 3.63) is 0 Å². The number of rotatable bonds is 3. The molecule has 1 N–H and O–H groups in total. The minimum atomic E-state index is -3.07. The molecule has 0 radical (unpaired) electrons. The van der Waals surface area contributed by atoms with Crippen LogP contribution in [0.3, 0.4) is 0 Å². The SMILES string of the molecule is O=C(O)CC1CS(=O)(=O)CCN1C1CCCCCCC1. The number of sulfone groups is 1. The van der Waals surface area contributed by atoms with Crippen LogP contribution in [0.25, 0.3) is 0 Å². The third-order valence-corrected chi connectivity index (χ3v) is 6.23. The molecule has 1 heterocycles. The van der Waals surface area contributed by atoms with Gasteiger partial charge in [-0.3, -0.25) is 9.69 Å². The lowest BCUT2D eigenvalue weighted by molar-refractivity contribution is -0.138. The molecule has 1 aliphatic heterocycles. The molecular weight excluding hydrogens is 278 g/mol. The van der Waals surface area contributed by atoms with Crippen molar-refractivity contribution in [1.82, 2.24) is 4.90 Å². The van der Waals surface area contributed by atoms with Crippen LogP contribution in [0.2, 0.25) is 0 Å². The first-order valence-electron chi connectivity index (χ1n) is 7.66. The van der Waals surface area contributed by atoms with Crippen LogP contribution >= 0.6 is 0 Å². The Morgan fingerprint density at radius 3 is 2.30 bits per heavy atom. The highest BCUT2D eigenvalue weighted by atomic mass is 32.2. The molecule has 0 spiro atoms. The summed E-state index contributed by atoms with van der Waals surface area (Å²) in [6.07, 6.45) is 8.22. The maximum atomic E-state index is 11.8. The van der Waals surface area contributed by atoms with E-state index >= 15 is 0 Å². The summed E-state index contributed by atoms with van der Waals surface area (Å²) in [5, 5.41) is 9.03. The van der Waals surface area contributed by atoms with Gasteiger partial charge in [0.25, 0.3) is 0 Å². The summed E-state index contributed by atoms with van der Waals surface area (Å²) >= 11 is 0. The number of carbonyl (C=O) groups is 1. The van der Waals surface area contributed by atoms with Crippen molar-refractivity contribution in [1.29, 1.82) is 0 Å². The fraction of sp³-hybridized carbons (Fsp3) is 0.929. The number of hydrogen-bond acceptors (Lipinski definition) is 4. The summed E-state index contributed by atoms with van der Waals surface area (Å²) in [6.45, 7) is 0.505. The average Bonchev–Trinajstić information content (AvgIpc) is 2.28. The average molecular weight is 303 g/mol. The highest BCUT2D eigenvalue weighted by Crippen LogP contribution is 2.26. The minimum absolute atomic E-state index is 0.00972. The molecule has 2 rings (SSSR count). The Morgan fingerprint density at radius 1 is 1.10 bits per heavy atom. The van der Waals surface area contributed by atoms with Gasteiger partial charge in [-0.15, -0.1) is 0 Å². The Hall–Kier alpha value is -0.620. The standard InChI is InChI=1S/C14H25NO4S/c16-14(17)10-13-11-20(18,19)9-8-15(13)12-6-4-2-1-3-5-7-12/h12-13H,1-11H2,(H,16,17). The normalized spacial score (nSPS) is 29.5. The van der Waals surface area contributed by atoms with E-state index in [1.165, 1.54) is 32.1 Å². The topological polar surface area (TPSA) is 74.7 Å². The third-order valence-electron chi connectivity index (χ3n) is 4.53. The molecule has 1 saturated heterocycles. The van der Waals surface area contributed by atoms with Crippen LogP contribution < -0.4 is 0 Å². The monoisotopic (exact) mass is 303 g/mol. The van der Waals surface area contributed by atoms with Crippen LogP contribution in [-0.2, 0) is 14.6 Å². The maximum Gasteiger partial charge on any atom is 0.304 e. The first-order chi connectivity index (χ1) is 9.48. The van der Waals surface area contributed by atoms with Crippen molar-refractivity contribution < 1.29 is 18.3 Å². The van der Waals surface area contributed by atoms with Crippen molar-refractivity contribution in [2.75, 3.05) is 18.1 Å². The molecule has 0 aromatic carbocycles. The Balaban J connectivity index is 2.07. The lowest BCUT2D eigenvalue weighted by Gasteiger charge is -2.41. The number of aliphatic carboxylic acids is 1. The first kappa shape index (κ1) is 15.8. The lowest BCUT2D eigenvalue weighted by atomic mass is 9.94. The Bertz CT molecular complexity index is 426. The highest BCUT2D eigenvalue weighted by Gasteiger charge is 2.36. The van der Waals surface area contributed by atoms with Gasteiger partial charge in [0.05, 0.1) is 17.9 Å². The second-order valence-electron chi connectivity index (χ2n) is 6.10. The first-order valence-corrected chi connectivity index (χ1v) is 9.48. The predicted octanol–water partition coefficient (Wildman–Crippen LogP) is 1.67. The largest absolute Gasteiger partial charge is 0.481 e. The number of nitrogens with zero attached hydrogens (tertiary/aromatic N) is 1.